The van der Waals surface area contributed by atoms with E-state index < -0.39 is 9.93 Å². The van der Waals surface area contributed by atoms with Crippen molar-refractivity contribution < 1.29 is 4.21 Å². The van der Waals surface area contributed by atoms with Crippen LogP contribution in [-0.2, 0) is 9.93 Å². The second-order valence-corrected chi connectivity index (χ2v) is 8.14. The lowest BCUT2D eigenvalue weighted by Crippen LogP contribution is -2.33. The summed E-state index contributed by atoms with van der Waals surface area (Å²) in [5.41, 5.74) is 0. The van der Waals surface area contributed by atoms with Gasteiger partial charge in [-0.15, -0.1) is 0 Å². The number of hydrogen-bond acceptors (Lipinski definition) is 1. The molecule has 0 fully saturated rings. The molecule has 0 spiro atoms. The van der Waals surface area contributed by atoms with Crippen molar-refractivity contribution in [1.29, 1.82) is 0 Å². The van der Waals surface area contributed by atoms with Crippen molar-refractivity contribution in [2.24, 2.45) is 0 Å². The summed E-state index contributed by atoms with van der Waals surface area (Å²) >= 11 is 0. The molecular weight excluding hydrogens is 180 g/mol. The Morgan fingerprint density at radius 3 is 1.92 bits per heavy atom. The van der Waals surface area contributed by atoms with Gasteiger partial charge in [0.05, 0.1) is 0 Å². The zero-order valence-electron chi connectivity index (χ0n) is 8.74. The van der Waals surface area contributed by atoms with Crippen molar-refractivity contribution >= 4 is 9.93 Å². The van der Waals surface area contributed by atoms with Crippen LogP contribution in [0.15, 0.2) is 35.2 Å². The predicted octanol–water partition coefficient (Wildman–Crippen LogP) is 2.49. The molecule has 0 unspecified atom stereocenters. The highest BCUT2D eigenvalue weighted by molar-refractivity contribution is 8.03. The molecule has 1 aromatic carbocycles. The summed E-state index contributed by atoms with van der Waals surface area (Å²) in [6.45, 7) is 6.09. The molecule has 0 saturated heterocycles. The minimum Gasteiger partial charge on any atom is -0.280 e. The van der Waals surface area contributed by atoms with Gasteiger partial charge in [0, 0.05) is 9.64 Å². The third kappa shape index (κ3) is 1.99. The van der Waals surface area contributed by atoms with E-state index in [1.807, 2.05) is 57.4 Å². The molecule has 1 nitrogen and oxygen atoms in total. The van der Waals surface area contributed by atoms with E-state index in [1.165, 1.54) is 0 Å². The Balaban J connectivity index is 3.17. The number of thiol groups is 1. The molecule has 0 atom stereocenters. The molecule has 2 heteroatoms. The van der Waals surface area contributed by atoms with Crippen molar-refractivity contribution in [3.63, 3.8) is 0 Å². The topological polar surface area (TPSA) is 17.1 Å². The number of hydrogen-bond donors (Lipinski definition) is 1. The van der Waals surface area contributed by atoms with Crippen LogP contribution in [0.25, 0.3) is 0 Å². The SMILES string of the molecule is CC(C)(C)[SH](C)(=O)c1ccccc1. The molecule has 0 N–H and O–H groups in total. The van der Waals surface area contributed by atoms with Gasteiger partial charge < -0.3 is 0 Å². The average molecular weight is 198 g/mol. The van der Waals surface area contributed by atoms with E-state index in [-0.39, 0.29) is 4.75 Å². The van der Waals surface area contributed by atoms with Crippen LogP contribution in [0.1, 0.15) is 20.8 Å². The van der Waals surface area contributed by atoms with Gasteiger partial charge >= 0.3 is 0 Å². The lowest BCUT2D eigenvalue weighted by molar-refractivity contribution is 0.636. The van der Waals surface area contributed by atoms with E-state index in [4.69, 9.17) is 0 Å². The van der Waals surface area contributed by atoms with Crippen LogP contribution in [0, 0.1) is 0 Å². The van der Waals surface area contributed by atoms with E-state index in [0.29, 0.717) is 0 Å². The molecule has 74 valence electrons. The highest BCUT2D eigenvalue weighted by atomic mass is 32.2. The maximum atomic E-state index is 12.4. The quantitative estimate of drug-likeness (QED) is 0.686. The van der Waals surface area contributed by atoms with Crippen LogP contribution in [0.3, 0.4) is 0 Å². The summed E-state index contributed by atoms with van der Waals surface area (Å²) < 4.78 is 12.3. The largest absolute Gasteiger partial charge is 0.280 e. The average Bonchev–Trinajstić information content (AvgIpc) is 2.04. The summed E-state index contributed by atoms with van der Waals surface area (Å²) in [5, 5.41) is 0. The van der Waals surface area contributed by atoms with E-state index in [9.17, 15) is 4.21 Å². The molecule has 0 aliphatic carbocycles. The lowest BCUT2D eigenvalue weighted by Gasteiger charge is -2.33. The van der Waals surface area contributed by atoms with Crippen molar-refractivity contribution in [3.05, 3.63) is 30.3 Å². The van der Waals surface area contributed by atoms with Gasteiger partial charge in [0.2, 0.25) is 0 Å². The minimum absolute atomic E-state index is 0.144. The van der Waals surface area contributed by atoms with Gasteiger partial charge in [-0.05, 0) is 18.4 Å². The van der Waals surface area contributed by atoms with Gasteiger partial charge in [0.1, 0.15) is 0 Å². The summed E-state index contributed by atoms with van der Waals surface area (Å²) in [4.78, 5) is 0.975. The zero-order valence-corrected chi connectivity index (χ0v) is 9.64. The molecule has 0 amide bonds. The van der Waals surface area contributed by atoms with Crippen LogP contribution < -0.4 is 0 Å². The molecule has 1 aromatic rings. The van der Waals surface area contributed by atoms with E-state index >= 15 is 0 Å². The summed E-state index contributed by atoms with van der Waals surface area (Å²) in [6.07, 6.45) is 1.86. The van der Waals surface area contributed by atoms with Crippen LogP contribution in [-0.4, -0.2) is 15.2 Å². The Kier molecular flexibility index (Phi) is 2.62. The zero-order chi connectivity index (χ0) is 10.1. The number of rotatable bonds is 1. The molecular formula is C11H18OS. The van der Waals surface area contributed by atoms with E-state index in [1.54, 1.807) is 0 Å². The maximum absolute atomic E-state index is 12.4. The summed E-state index contributed by atoms with van der Waals surface area (Å²) in [5.74, 6) is 0. The Labute approximate surface area is 81.6 Å². The smallest absolute Gasteiger partial charge is 0.0190 e. The fourth-order valence-electron chi connectivity index (χ4n) is 1.10. The lowest BCUT2D eigenvalue weighted by atomic mass is 10.3. The van der Waals surface area contributed by atoms with Gasteiger partial charge in [0.25, 0.3) is 0 Å². The van der Waals surface area contributed by atoms with Gasteiger partial charge in [-0.3, -0.25) is 4.21 Å². The predicted molar refractivity (Wildman–Crippen MR) is 59.9 cm³/mol. The number of benzene rings is 1. The summed E-state index contributed by atoms with van der Waals surface area (Å²) in [7, 11) is -2.23. The van der Waals surface area contributed by atoms with Gasteiger partial charge in [0.15, 0.2) is 0 Å². The molecule has 0 aliphatic heterocycles. The molecule has 0 saturated carbocycles. The molecule has 1 rings (SSSR count). The Hall–Kier alpha value is -0.630. The normalized spacial score (nSPS) is 14.2. The monoisotopic (exact) mass is 198 g/mol. The van der Waals surface area contributed by atoms with Crippen LogP contribution >= 0.6 is 0 Å². The third-order valence-electron chi connectivity index (χ3n) is 2.53. The van der Waals surface area contributed by atoms with Gasteiger partial charge in [-0.2, -0.15) is 0 Å². The Morgan fingerprint density at radius 2 is 1.54 bits per heavy atom. The van der Waals surface area contributed by atoms with Gasteiger partial charge in [-0.25, -0.2) is 0 Å². The Morgan fingerprint density at radius 1 is 1.08 bits per heavy atom. The van der Waals surface area contributed by atoms with Crippen molar-refractivity contribution in [2.45, 2.75) is 30.4 Å². The van der Waals surface area contributed by atoms with Crippen molar-refractivity contribution in [3.8, 4) is 0 Å². The first-order chi connectivity index (χ1) is 5.86. The second-order valence-electron chi connectivity index (χ2n) is 4.43. The minimum atomic E-state index is -2.23. The molecule has 13 heavy (non-hydrogen) atoms. The molecule has 0 aromatic heterocycles. The molecule has 0 aliphatic rings. The van der Waals surface area contributed by atoms with Crippen molar-refractivity contribution in [1.82, 2.24) is 0 Å². The first kappa shape index (κ1) is 10.5. The highest BCUT2D eigenvalue weighted by Gasteiger charge is 2.27. The van der Waals surface area contributed by atoms with Crippen LogP contribution in [0.4, 0.5) is 0 Å². The molecule has 0 bridgehead atoms. The fourth-order valence-corrected chi connectivity index (χ4v) is 2.62. The summed E-state index contributed by atoms with van der Waals surface area (Å²) in [6, 6.07) is 9.73. The van der Waals surface area contributed by atoms with Crippen molar-refractivity contribution in [2.75, 3.05) is 6.26 Å². The van der Waals surface area contributed by atoms with E-state index in [2.05, 4.69) is 0 Å². The molecule has 0 heterocycles. The standard InChI is InChI=1S/C11H18OS/c1-11(2,3)13(4,12)10-8-6-5-7-9-10/h5-9,13H,1-4H3. The van der Waals surface area contributed by atoms with E-state index in [0.717, 1.165) is 4.90 Å². The van der Waals surface area contributed by atoms with Crippen LogP contribution in [0.2, 0.25) is 0 Å². The molecule has 0 radical (unpaired) electrons. The first-order valence-corrected chi connectivity index (χ1v) is 6.64. The fraction of sp³-hybridized carbons (Fsp3) is 0.455. The Bertz CT molecular complexity index is 322. The highest BCUT2D eigenvalue weighted by Crippen LogP contribution is 2.29. The third-order valence-corrected chi connectivity index (χ3v) is 6.37. The second kappa shape index (κ2) is 3.26. The van der Waals surface area contributed by atoms with Crippen LogP contribution in [0.5, 0.6) is 0 Å². The maximum Gasteiger partial charge on any atom is 0.0190 e. The van der Waals surface area contributed by atoms with Gasteiger partial charge in [-0.1, -0.05) is 48.9 Å². The first-order valence-electron chi connectivity index (χ1n) is 4.49.